The number of nitrogens with zero attached hydrogens (tertiary/aromatic N) is 2. The number of nitriles is 1. The van der Waals surface area contributed by atoms with Crippen LogP contribution in [-0.2, 0) is 0 Å². The summed E-state index contributed by atoms with van der Waals surface area (Å²) in [6.45, 7) is 4.15. The summed E-state index contributed by atoms with van der Waals surface area (Å²) in [7, 11) is 0. The third-order valence-corrected chi connectivity index (χ3v) is 3.78. The van der Waals surface area contributed by atoms with Crippen molar-refractivity contribution >= 4 is 11.8 Å². The first-order valence-corrected chi connectivity index (χ1v) is 7.49. The molecule has 0 fully saturated rings. The highest BCUT2D eigenvalue weighted by atomic mass is 32.2. The molecule has 0 amide bonds. The molecule has 5 heteroatoms. The van der Waals surface area contributed by atoms with Crippen LogP contribution in [0, 0.1) is 31.0 Å². The van der Waals surface area contributed by atoms with Crippen LogP contribution in [0.2, 0.25) is 0 Å². The first kappa shape index (κ1) is 15.3. The van der Waals surface area contributed by atoms with Crippen molar-refractivity contribution in [2.24, 2.45) is 0 Å². The van der Waals surface area contributed by atoms with Gasteiger partial charge < -0.3 is 4.74 Å². The molecule has 1 aromatic carbocycles. The second kappa shape index (κ2) is 7.09. The molecule has 0 aliphatic rings. The Balaban J connectivity index is 1.96. The van der Waals surface area contributed by atoms with E-state index in [0.717, 1.165) is 11.3 Å². The lowest BCUT2D eigenvalue weighted by molar-refractivity contribution is 0.325. The highest BCUT2D eigenvalue weighted by molar-refractivity contribution is 7.99. The molecule has 0 aliphatic heterocycles. The predicted molar refractivity (Wildman–Crippen MR) is 81.0 cm³/mol. The summed E-state index contributed by atoms with van der Waals surface area (Å²) in [5, 5.41) is 9.88. The number of hydrogen-bond donors (Lipinski definition) is 0. The second-order valence-electron chi connectivity index (χ2n) is 4.50. The molecule has 0 saturated carbocycles. The van der Waals surface area contributed by atoms with Crippen molar-refractivity contribution in [1.29, 1.82) is 5.26 Å². The van der Waals surface area contributed by atoms with Crippen molar-refractivity contribution in [3.8, 4) is 11.8 Å². The van der Waals surface area contributed by atoms with Crippen molar-refractivity contribution < 1.29 is 9.13 Å². The average Bonchev–Trinajstić information content (AvgIpc) is 2.45. The number of thioether (sulfide) groups is 1. The molecule has 108 valence electrons. The third kappa shape index (κ3) is 3.96. The van der Waals surface area contributed by atoms with Gasteiger partial charge in [-0.1, -0.05) is 12.1 Å². The van der Waals surface area contributed by atoms with Gasteiger partial charge in [-0.15, -0.1) is 11.8 Å². The maximum Gasteiger partial charge on any atom is 0.165 e. The van der Waals surface area contributed by atoms with Gasteiger partial charge >= 0.3 is 0 Å². The van der Waals surface area contributed by atoms with Crippen LogP contribution in [0.1, 0.15) is 16.8 Å². The normalized spacial score (nSPS) is 10.2. The van der Waals surface area contributed by atoms with Gasteiger partial charge in [0.25, 0.3) is 0 Å². The van der Waals surface area contributed by atoms with Gasteiger partial charge in [-0.2, -0.15) is 5.26 Å². The Morgan fingerprint density at radius 2 is 2.10 bits per heavy atom. The molecule has 0 aliphatic carbocycles. The SMILES string of the molecule is Cc1cc(C)c(C#N)c(SCCOc2ccccc2F)n1. The molecule has 0 N–H and O–H groups in total. The summed E-state index contributed by atoms with van der Waals surface area (Å²) < 4.78 is 18.8. The van der Waals surface area contributed by atoms with Crippen LogP contribution in [0.15, 0.2) is 35.4 Å². The second-order valence-corrected chi connectivity index (χ2v) is 5.58. The van der Waals surface area contributed by atoms with E-state index >= 15 is 0 Å². The standard InChI is InChI=1S/C16H15FN2OS/c1-11-9-12(2)19-16(13(11)10-18)21-8-7-20-15-6-4-3-5-14(15)17/h3-6,9H,7-8H2,1-2H3. The lowest BCUT2D eigenvalue weighted by Crippen LogP contribution is -2.03. The van der Waals surface area contributed by atoms with Crippen LogP contribution in [0.3, 0.4) is 0 Å². The highest BCUT2D eigenvalue weighted by Gasteiger charge is 2.09. The zero-order chi connectivity index (χ0) is 15.2. The van der Waals surface area contributed by atoms with Crippen LogP contribution in [-0.4, -0.2) is 17.3 Å². The van der Waals surface area contributed by atoms with Crippen LogP contribution < -0.4 is 4.74 Å². The van der Waals surface area contributed by atoms with E-state index in [0.29, 0.717) is 22.9 Å². The summed E-state index contributed by atoms with van der Waals surface area (Å²) in [6, 6.07) is 10.4. The number of aromatic nitrogens is 1. The Kier molecular flexibility index (Phi) is 5.18. The molecule has 0 saturated heterocycles. The summed E-state index contributed by atoms with van der Waals surface area (Å²) in [6.07, 6.45) is 0. The molecule has 0 spiro atoms. The molecule has 0 bridgehead atoms. The quantitative estimate of drug-likeness (QED) is 0.621. The lowest BCUT2D eigenvalue weighted by atomic mass is 10.1. The number of halogens is 1. The lowest BCUT2D eigenvalue weighted by Gasteiger charge is -2.09. The van der Waals surface area contributed by atoms with Crippen LogP contribution in [0.4, 0.5) is 4.39 Å². The van der Waals surface area contributed by atoms with Crippen LogP contribution in [0.25, 0.3) is 0 Å². The van der Waals surface area contributed by atoms with Crippen molar-refractivity contribution in [2.75, 3.05) is 12.4 Å². The third-order valence-electron chi connectivity index (χ3n) is 2.84. The molecular weight excluding hydrogens is 287 g/mol. The Morgan fingerprint density at radius 1 is 1.33 bits per heavy atom. The molecule has 0 atom stereocenters. The largest absolute Gasteiger partial charge is 0.490 e. The fourth-order valence-electron chi connectivity index (χ4n) is 1.89. The van der Waals surface area contributed by atoms with Gasteiger partial charge in [-0.05, 0) is 37.6 Å². The molecule has 1 aromatic heterocycles. The van der Waals surface area contributed by atoms with Crippen molar-refractivity contribution in [1.82, 2.24) is 4.98 Å². The first-order chi connectivity index (χ1) is 10.1. The number of rotatable bonds is 5. The molecule has 21 heavy (non-hydrogen) atoms. The van der Waals surface area contributed by atoms with Crippen molar-refractivity contribution in [3.63, 3.8) is 0 Å². The van der Waals surface area contributed by atoms with Crippen molar-refractivity contribution in [2.45, 2.75) is 18.9 Å². The van der Waals surface area contributed by atoms with E-state index in [1.54, 1.807) is 18.2 Å². The Hall–Kier alpha value is -2.06. The van der Waals surface area contributed by atoms with Gasteiger partial charge in [0.15, 0.2) is 11.6 Å². The van der Waals surface area contributed by atoms with E-state index in [1.165, 1.54) is 17.8 Å². The van der Waals surface area contributed by atoms with E-state index in [2.05, 4.69) is 11.1 Å². The molecule has 2 rings (SSSR count). The monoisotopic (exact) mass is 302 g/mol. The Bertz CT molecular complexity index is 682. The zero-order valence-electron chi connectivity index (χ0n) is 11.9. The molecule has 2 aromatic rings. The summed E-state index contributed by atoms with van der Waals surface area (Å²) in [5.74, 6) is 0.468. The molecule has 0 unspecified atom stereocenters. The number of para-hydroxylation sites is 1. The van der Waals surface area contributed by atoms with E-state index < -0.39 is 0 Å². The van der Waals surface area contributed by atoms with Gasteiger partial charge in [0.05, 0.1) is 12.2 Å². The smallest absolute Gasteiger partial charge is 0.165 e. The van der Waals surface area contributed by atoms with E-state index in [4.69, 9.17) is 4.74 Å². The summed E-state index contributed by atoms with van der Waals surface area (Å²) in [4.78, 5) is 4.38. The van der Waals surface area contributed by atoms with Gasteiger partial charge in [-0.3, -0.25) is 0 Å². The molecule has 3 nitrogen and oxygen atoms in total. The van der Waals surface area contributed by atoms with Gasteiger partial charge in [-0.25, -0.2) is 9.37 Å². The Labute approximate surface area is 127 Å². The van der Waals surface area contributed by atoms with Gasteiger partial charge in [0, 0.05) is 11.4 Å². The summed E-state index contributed by atoms with van der Waals surface area (Å²) in [5.41, 5.74) is 2.39. The molecule has 0 radical (unpaired) electrons. The number of benzene rings is 1. The number of hydrogen-bond acceptors (Lipinski definition) is 4. The van der Waals surface area contributed by atoms with E-state index in [9.17, 15) is 9.65 Å². The minimum atomic E-state index is -0.371. The average molecular weight is 302 g/mol. The van der Waals surface area contributed by atoms with E-state index in [1.807, 2.05) is 19.9 Å². The fraction of sp³-hybridized carbons (Fsp3) is 0.250. The minimum absolute atomic E-state index is 0.243. The molecular formula is C16H15FN2OS. The zero-order valence-corrected chi connectivity index (χ0v) is 12.7. The Morgan fingerprint density at radius 3 is 2.81 bits per heavy atom. The van der Waals surface area contributed by atoms with Crippen molar-refractivity contribution in [3.05, 3.63) is 53.0 Å². The summed E-state index contributed by atoms with van der Waals surface area (Å²) >= 11 is 1.44. The topological polar surface area (TPSA) is 45.9 Å². The number of aryl methyl sites for hydroxylation is 2. The maximum absolute atomic E-state index is 13.4. The minimum Gasteiger partial charge on any atom is -0.490 e. The fourth-order valence-corrected chi connectivity index (χ4v) is 2.81. The first-order valence-electron chi connectivity index (χ1n) is 6.50. The number of ether oxygens (including phenoxy) is 1. The maximum atomic E-state index is 13.4. The van der Waals surface area contributed by atoms with Crippen LogP contribution >= 0.6 is 11.8 Å². The highest BCUT2D eigenvalue weighted by Crippen LogP contribution is 2.24. The van der Waals surface area contributed by atoms with Gasteiger partial charge in [0.1, 0.15) is 11.1 Å². The number of pyridine rings is 1. The predicted octanol–water partition coefficient (Wildman–Crippen LogP) is 3.88. The van der Waals surface area contributed by atoms with E-state index in [-0.39, 0.29) is 11.6 Å². The van der Waals surface area contributed by atoms with Crippen LogP contribution in [0.5, 0.6) is 5.75 Å². The molecule has 1 heterocycles. The van der Waals surface area contributed by atoms with Gasteiger partial charge in [0.2, 0.25) is 0 Å².